The lowest BCUT2D eigenvalue weighted by Gasteiger charge is -1.98. The number of nitrogens with zero attached hydrogens (tertiary/aromatic N) is 2. The van der Waals surface area contributed by atoms with E-state index in [1.165, 1.54) is 0 Å². The Morgan fingerprint density at radius 3 is 2.57 bits per heavy atom. The summed E-state index contributed by atoms with van der Waals surface area (Å²) in [5.41, 5.74) is 1.58. The van der Waals surface area contributed by atoms with Gasteiger partial charge in [-0.3, -0.25) is 4.79 Å². The highest BCUT2D eigenvalue weighted by Gasteiger charge is 2.05. The monoisotopic (exact) mass is 298 g/mol. The summed E-state index contributed by atoms with van der Waals surface area (Å²) < 4.78 is 2.42. The first-order valence-corrected chi connectivity index (χ1v) is 5.15. The van der Waals surface area contributed by atoms with Crippen LogP contribution in [0.3, 0.4) is 0 Å². The lowest BCUT2D eigenvalue weighted by molar-refractivity contribution is 0.112. The highest BCUT2D eigenvalue weighted by molar-refractivity contribution is 14.1. The smallest absolute Gasteiger partial charge is 0.154 e. The van der Waals surface area contributed by atoms with E-state index >= 15 is 0 Å². The Bertz CT molecular complexity index is 450. The molecule has 0 bridgehead atoms. The molecule has 0 aliphatic rings. The molecule has 0 fully saturated rings. The molecule has 0 aliphatic heterocycles. The van der Waals surface area contributed by atoms with Crippen LogP contribution in [-0.2, 0) is 0 Å². The van der Waals surface area contributed by atoms with Gasteiger partial charge in [-0.15, -0.1) is 0 Å². The molecule has 0 amide bonds. The minimum absolute atomic E-state index is 0.620. The third kappa shape index (κ3) is 1.70. The molecular weight excluding hydrogens is 291 g/mol. The van der Waals surface area contributed by atoms with Crippen molar-refractivity contribution < 1.29 is 4.79 Å². The Morgan fingerprint density at radius 1 is 1.29 bits per heavy atom. The van der Waals surface area contributed by atoms with Crippen molar-refractivity contribution >= 4 is 28.9 Å². The molecule has 70 valence electrons. The summed E-state index contributed by atoms with van der Waals surface area (Å²) in [5.74, 6) is 0. The molecule has 3 nitrogen and oxygen atoms in total. The summed E-state index contributed by atoms with van der Waals surface area (Å²) in [4.78, 5) is 10.6. The molecule has 1 aromatic heterocycles. The average Bonchev–Trinajstić information content (AvgIpc) is 2.61. The van der Waals surface area contributed by atoms with Gasteiger partial charge in [-0.2, -0.15) is 5.10 Å². The minimum Gasteiger partial charge on any atom is -0.298 e. The van der Waals surface area contributed by atoms with Crippen molar-refractivity contribution in [2.45, 2.75) is 0 Å². The van der Waals surface area contributed by atoms with Crippen molar-refractivity contribution in [3.8, 4) is 5.69 Å². The maximum atomic E-state index is 10.6. The van der Waals surface area contributed by atoms with Gasteiger partial charge in [0.2, 0.25) is 0 Å². The van der Waals surface area contributed by atoms with Gasteiger partial charge in [-0.1, -0.05) is 18.2 Å². The van der Waals surface area contributed by atoms with Gasteiger partial charge in [0.05, 0.1) is 11.3 Å². The molecule has 14 heavy (non-hydrogen) atoms. The van der Waals surface area contributed by atoms with E-state index < -0.39 is 0 Å². The maximum absolute atomic E-state index is 10.6. The second-order valence-corrected chi connectivity index (χ2v) is 3.80. The zero-order valence-electron chi connectivity index (χ0n) is 7.22. The Morgan fingerprint density at radius 2 is 2.00 bits per heavy atom. The lowest BCUT2D eigenvalue weighted by Crippen LogP contribution is -1.93. The molecule has 0 N–H and O–H groups in total. The molecule has 0 atom stereocenters. The summed E-state index contributed by atoms with van der Waals surface area (Å²) in [6, 6.07) is 9.70. The van der Waals surface area contributed by atoms with Crippen molar-refractivity contribution in [3.63, 3.8) is 0 Å². The topological polar surface area (TPSA) is 34.9 Å². The van der Waals surface area contributed by atoms with Crippen molar-refractivity contribution in [1.82, 2.24) is 9.78 Å². The van der Waals surface area contributed by atoms with Gasteiger partial charge in [0, 0.05) is 6.20 Å². The Labute approximate surface area is 94.9 Å². The Balaban J connectivity index is 2.48. The van der Waals surface area contributed by atoms with E-state index in [0.717, 1.165) is 15.7 Å². The molecule has 2 aromatic rings. The maximum Gasteiger partial charge on any atom is 0.154 e. The van der Waals surface area contributed by atoms with Crippen LogP contribution in [0, 0.1) is 3.70 Å². The predicted molar refractivity (Wildman–Crippen MR) is 61.7 cm³/mol. The Kier molecular flexibility index (Phi) is 2.62. The van der Waals surface area contributed by atoms with Crippen LogP contribution in [0.5, 0.6) is 0 Å². The van der Waals surface area contributed by atoms with Crippen LogP contribution in [0.15, 0.2) is 36.5 Å². The zero-order chi connectivity index (χ0) is 9.97. The first-order valence-electron chi connectivity index (χ1n) is 4.07. The van der Waals surface area contributed by atoms with E-state index in [1.54, 1.807) is 10.9 Å². The van der Waals surface area contributed by atoms with E-state index in [2.05, 4.69) is 5.10 Å². The van der Waals surface area contributed by atoms with Crippen LogP contribution in [0.25, 0.3) is 5.69 Å². The predicted octanol–water partition coefficient (Wildman–Crippen LogP) is 2.29. The van der Waals surface area contributed by atoms with Gasteiger partial charge in [-0.05, 0) is 34.7 Å². The summed E-state index contributed by atoms with van der Waals surface area (Å²) >= 11 is 2.04. The standard InChI is InChI=1S/C10H7IN2O/c11-10-8(7-14)6-13(12-10)9-4-2-1-3-5-9/h1-7H. The van der Waals surface area contributed by atoms with Gasteiger partial charge < -0.3 is 0 Å². The average molecular weight is 298 g/mol. The van der Waals surface area contributed by atoms with Crippen LogP contribution in [-0.4, -0.2) is 16.1 Å². The van der Waals surface area contributed by atoms with E-state index in [1.807, 2.05) is 52.9 Å². The summed E-state index contributed by atoms with van der Waals surface area (Å²) in [5, 5.41) is 4.22. The van der Waals surface area contributed by atoms with Crippen LogP contribution >= 0.6 is 22.6 Å². The number of aldehydes is 1. The molecule has 0 radical (unpaired) electrons. The molecule has 1 aromatic carbocycles. The highest BCUT2D eigenvalue weighted by Crippen LogP contribution is 2.12. The minimum atomic E-state index is 0.620. The molecule has 4 heteroatoms. The van der Waals surface area contributed by atoms with E-state index in [9.17, 15) is 4.79 Å². The van der Waals surface area contributed by atoms with Crippen molar-refractivity contribution in [1.29, 1.82) is 0 Å². The van der Waals surface area contributed by atoms with Gasteiger partial charge in [0.15, 0.2) is 6.29 Å². The first-order chi connectivity index (χ1) is 6.81. The van der Waals surface area contributed by atoms with Gasteiger partial charge >= 0.3 is 0 Å². The molecule has 1 heterocycles. The fourth-order valence-corrected chi connectivity index (χ4v) is 1.66. The number of carbonyl (C=O) groups excluding carboxylic acids is 1. The number of aromatic nitrogens is 2. The van der Waals surface area contributed by atoms with E-state index in [0.29, 0.717) is 5.56 Å². The largest absolute Gasteiger partial charge is 0.298 e. The van der Waals surface area contributed by atoms with Crippen LogP contribution in [0.1, 0.15) is 10.4 Å². The third-order valence-electron chi connectivity index (χ3n) is 1.84. The summed E-state index contributed by atoms with van der Waals surface area (Å²) in [6.45, 7) is 0. The summed E-state index contributed by atoms with van der Waals surface area (Å²) in [6.07, 6.45) is 2.54. The molecule has 0 saturated heterocycles. The third-order valence-corrected chi connectivity index (χ3v) is 2.68. The lowest BCUT2D eigenvalue weighted by atomic mass is 10.3. The number of carbonyl (C=O) groups is 1. The second-order valence-electron chi connectivity index (χ2n) is 2.77. The van der Waals surface area contributed by atoms with Gasteiger partial charge in [0.1, 0.15) is 3.70 Å². The van der Waals surface area contributed by atoms with Crippen molar-refractivity contribution in [3.05, 3.63) is 45.8 Å². The number of benzene rings is 1. The molecule has 2 rings (SSSR count). The summed E-state index contributed by atoms with van der Waals surface area (Å²) in [7, 11) is 0. The number of hydrogen-bond donors (Lipinski definition) is 0. The number of rotatable bonds is 2. The fraction of sp³-hybridized carbons (Fsp3) is 0. The van der Waals surface area contributed by atoms with Crippen LogP contribution in [0.2, 0.25) is 0 Å². The van der Waals surface area contributed by atoms with Crippen molar-refractivity contribution in [2.75, 3.05) is 0 Å². The first kappa shape index (κ1) is 9.39. The zero-order valence-corrected chi connectivity index (χ0v) is 9.38. The number of halogens is 1. The van der Waals surface area contributed by atoms with E-state index in [4.69, 9.17) is 0 Å². The Hall–Kier alpha value is -1.17. The quantitative estimate of drug-likeness (QED) is 0.630. The highest BCUT2D eigenvalue weighted by atomic mass is 127. The number of hydrogen-bond acceptors (Lipinski definition) is 2. The molecule has 0 spiro atoms. The molecular formula is C10H7IN2O. The molecule has 0 aliphatic carbocycles. The molecule has 0 saturated carbocycles. The van der Waals surface area contributed by atoms with Crippen LogP contribution < -0.4 is 0 Å². The van der Waals surface area contributed by atoms with Gasteiger partial charge in [-0.25, -0.2) is 4.68 Å². The van der Waals surface area contributed by atoms with E-state index in [-0.39, 0.29) is 0 Å². The number of para-hydroxylation sites is 1. The normalized spacial score (nSPS) is 10.1. The SMILES string of the molecule is O=Cc1cn(-c2ccccc2)nc1I. The molecule has 0 unspecified atom stereocenters. The van der Waals surface area contributed by atoms with Crippen molar-refractivity contribution in [2.24, 2.45) is 0 Å². The fourth-order valence-electron chi connectivity index (χ4n) is 1.16. The van der Waals surface area contributed by atoms with Crippen LogP contribution in [0.4, 0.5) is 0 Å². The van der Waals surface area contributed by atoms with Gasteiger partial charge in [0.25, 0.3) is 0 Å². The second kappa shape index (κ2) is 3.91.